The number of ether oxygens (including phenoxy) is 1. The predicted molar refractivity (Wildman–Crippen MR) is 132 cm³/mol. The summed E-state index contributed by atoms with van der Waals surface area (Å²) in [7, 11) is 0. The molecule has 0 aromatic carbocycles. The van der Waals surface area contributed by atoms with Gasteiger partial charge in [0.25, 0.3) is 0 Å². The van der Waals surface area contributed by atoms with Crippen LogP contribution in [0.5, 0.6) is 0 Å². The molecule has 0 aromatic heterocycles. The van der Waals surface area contributed by atoms with Crippen molar-refractivity contribution in [3.63, 3.8) is 0 Å². The quantitative estimate of drug-likeness (QED) is 0.436. The first-order valence-corrected chi connectivity index (χ1v) is 12.7. The Morgan fingerprint density at radius 1 is 1.31 bits per heavy atom. The summed E-state index contributed by atoms with van der Waals surface area (Å²) in [5, 5.41) is 10.1. The van der Waals surface area contributed by atoms with Crippen LogP contribution in [-0.4, -0.2) is 22.8 Å². The predicted octanol–water partition coefficient (Wildman–Crippen LogP) is 7.30. The highest BCUT2D eigenvalue weighted by atomic mass is 16.6. The molecular formula is C29H46O3. The van der Waals surface area contributed by atoms with Crippen LogP contribution in [0.25, 0.3) is 0 Å². The summed E-state index contributed by atoms with van der Waals surface area (Å²) in [6.07, 6.45) is 12.6. The molecule has 0 unspecified atom stereocenters. The standard InChI is InChI=1S/C29H46O3/c1-20-12-15-24(30)19-23(20)14-13-22-10-8-18-29(6)25(16-17-26(22)29)21(2)9-7-11-27(31)32-28(3,4)5/h13-14,21,24-26,30H,1,7-12,15-19H2,2-6H3/b22-13+,23-14-/t21-,24+,25+,26-,29+/m0/s1/i6D3. The van der Waals surface area contributed by atoms with E-state index >= 15 is 0 Å². The minimum atomic E-state index is -2.02. The molecule has 1 N–H and O–H groups in total. The molecule has 3 fully saturated rings. The molecule has 3 aliphatic carbocycles. The molecule has 0 amide bonds. The average Bonchev–Trinajstić information content (AvgIpc) is 3.14. The number of carbonyl (C=O) groups is 1. The van der Waals surface area contributed by atoms with Crippen molar-refractivity contribution in [2.24, 2.45) is 23.2 Å². The van der Waals surface area contributed by atoms with Gasteiger partial charge in [-0.2, -0.15) is 0 Å². The third-order valence-corrected chi connectivity index (χ3v) is 7.89. The van der Waals surface area contributed by atoms with Gasteiger partial charge in [-0.3, -0.25) is 4.79 Å². The van der Waals surface area contributed by atoms with Crippen molar-refractivity contribution in [1.29, 1.82) is 0 Å². The maximum absolute atomic E-state index is 12.2. The summed E-state index contributed by atoms with van der Waals surface area (Å²) < 4.78 is 31.4. The number of hydrogen-bond acceptors (Lipinski definition) is 3. The Kier molecular flexibility index (Phi) is 6.81. The summed E-state index contributed by atoms with van der Waals surface area (Å²) in [4.78, 5) is 12.2. The van der Waals surface area contributed by atoms with Crippen LogP contribution in [0, 0.1) is 23.2 Å². The fourth-order valence-corrected chi connectivity index (χ4v) is 6.30. The second-order valence-electron chi connectivity index (χ2n) is 11.5. The van der Waals surface area contributed by atoms with E-state index in [1.165, 1.54) is 5.57 Å². The van der Waals surface area contributed by atoms with Gasteiger partial charge in [-0.25, -0.2) is 0 Å². The van der Waals surface area contributed by atoms with Gasteiger partial charge in [0.2, 0.25) is 0 Å². The molecule has 180 valence electrons. The van der Waals surface area contributed by atoms with Gasteiger partial charge in [0.05, 0.1) is 6.10 Å². The Hall–Kier alpha value is -1.35. The van der Waals surface area contributed by atoms with Crippen molar-refractivity contribution in [2.75, 3.05) is 0 Å². The fraction of sp³-hybridized carbons (Fsp3) is 0.759. The molecule has 0 spiro atoms. The SMILES string of the molecule is [2H]C([2H])([2H])[C@]12CCC/C(=C\C=C3\C[C@H](O)CCC3=C)[C@@H]1CC[C@@H]2[C@@H](C)CCCC(=O)OC(C)(C)C. The molecule has 0 aliphatic heterocycles. The number of allylic oxidation sites excluding steroid dienone is 4. The third-order valence-electron chi connectivity index (χ3n) is 7.89. The van der Waals surface area contributed by atoms with Crippen molar-refractivity contribution in [3.05, 3.63) is 35.5 Å². The molecule has 32 heavy (non-hydrogen) atoms. The highest BCUT2D eigenvalue weighted by molar-refractivity contribution is 5.69. The molecule has 0 aromatic rings. The van der Waals surface area contributed by atoms with Crippen LogP contribution in [0.1, 0.15) is 109 Å². The highest BCUT2D eigenvalue weighted by Gasteiger charge is 2.50. The Morgan fingerprint density at radius 3 is 2.81 bits per heavy atom. The first-order chi connectivity index (χ1) is 16.2. The first-order valence-electron chi connectivity index (χ1n) is 14.2. The van der Waals surface area contributed by atoms with Gasteiger partial charge in [-0.15, -0.1) is 0 Å². The lowest BCUT2D eigenvalue weighted by Gasteiger charge is -2.44. The Balaban J connectivity index is 1.76. The summed E-state index contributed by atoms with van der Waals surface area (Å²) in [5.74, 6) is 0.265. The second kappa shape index (κ2) is 10.3. The molecule has 0 saturated heterocycles. The van der Waals surface area contributed by atoms with Gasteiger partial charge in [-0.1, -0.05) is 43.7 Å². The molecule has 3 rings (SSSR count). The van der Waals surface area contributed by atoms with Crippen molar-refractivity contribution in [3.8, 4) is 0 Å². The third kappa shape index (κ3) is 6.16. The largest absolute Gasteiger partial charge is 0.460 e. The van der Waals surface area contributed by atoms with Crippen LogP contribution < -0.4 is 0 Å². The summed E-state index contributed by atoms with van der Waals surface area (Å²) >= 11 is 0. The van der Waals surface area contributed by atoms with Gasteiger partial charge in [-0.05, 0) is 114 Å². The van der Waals surface area contributed by atoms with Crippen LogP contribution >= 0.6 is 0 Å². The molecule has 3 aliphatic rings. The minimum Gasteiger partial charge on any atom is -0.460 e. The number of hydrogen-bond donors (Lipinski definition) is 1. The lowest BCUT2D eigenvalue weighted by Crippen LogP contribution is -2.36. The van der Waals surface area contributed by atoms with Gasteiger partial charge >= 0.3 is 5.97 Å². The number of esters is 1. The maximum Gasteiger partial charge on any atom is 0.306 e. The van der Waals surface area contributed by atoms with E-state index in [0.29, 0.717) is 12.8 Å². The van der Waals surface area contributed by atoms with Gasteiger partial charge in [0.15, 0.2) is 0 Å². The molecule has 0 bridgehead atoms. The van der Waals surface area contributed by atoms with E-state index in [9.17, 15) is 9.90 Å². The van der Waals surface area contributed by atoms with Crippen LogP contribution in [0.2, 0.25) is 0 Å². The smallest absolute Gasteiger partial charge is 0.306 e. The van der Waals surface area contributed by atoms with E-state index in [0.717, 1.165) is 68.9 Å². The lowest BCUT2D eigenvalue weighted by atomic mass is 9.60. The lowest BCUT2D eigenvalue weighted by molar-refractivity contribution is -0.155. The first kappa shape index (κ1) is 21.2. The molecule has 3 nitrogen and oxygen atoms in total. The van der Waals surface area contributed by atoms with Gasteiger partial charge in [0, 0.05) is 10.5 Å². The fourth-order valence-electron chi connectivity index (χ4n) is 6.30. The van der Waals surface area contributed by atoms with E-state index in [2.05, 4.69) is 25.7 Å². The number of rotatable bonds is 6. The zero-order chi connectivity index (χ0) is 26.0. The van der Waals surface area contributed by atoms with Crippen LogP contribution in [0.4, 0.5) is 0 Å². The summed E-state index contributed by atoms with van der Waals surface area (Å²) in [6, 6.07) is 0. The zero-order valence-corrected chi connectivity index (χ0v) is 20.7. The molecule has 0 radical (unpaired) electrons. The Morgan fingerprint density at radius 2 is 2.09 bits per heavy atom. The molecular weight excluding hydrogens is 396 g/mol. The van der Waals surface area contributed by atoms with E-state index in [1.54, 1.807) is 0 Å². The van der Waals surface area contributed by atoms with Crippen LogP contribution in [0.15, 0.2) is 35.5 Å². The number of aliphatic hydroxyl groups excluding tert-OH is 1. The minimum absolute atomic E-state index is 0.0701. The van der Waals surface area contributed by atoms with E-state index in [-0.39, 0.29) is 29.8 Å². The number of fused-ring (bicyclic) bond motifs is 1. The van der Waals surface area contributed by atoms with Crippen LogP contribution in [-0.2, 0) is 9.53 Å². The normalized spacial score (nSPS) is 36.3. The van der Waals surface area contributed by atoms with Crippen molar-refractivity contribution in [2.45, 2.75) is 117 Å². The topological polar surface area (TPSA) is 46.5 Å². The van der Waals surface area contributed by atoms with E-state index in [4.69, 9.17) is 8.85 Å². The number of aliphatic hydroxyl groups is 1. The van der Waals surface area contributed by atoms with Gasteiger partial charge < -0.3 is 9.84 Å². The molecule has 3 heteroatoms. The maximum atomic E-state index is 12.2. The van der Waals surface area contributed by atoms with E-state index in [1.807, 2.05) is 20.8 Å². The Labute approximate surface area is 200 Å². The molecule has 3 saturated carbocycles. The Bertz CT molecular complexity index is 848. The van der Waals surface area contributed by atoms with Crippen molar-refractivity contribution < 1.29 is 18.8 Å². The summed E-state index contributed by atoms with van der Waals surface area (Å²) in [6.45, 7) is 9.98. The monoisotopic (exact) mass is 445 g/mol. The molecule has 0 heterocycles. The van der Waals surface area contributed by atoms with Crippen molar-refractivity contribution in [1.82, 2.24) is 0 Å². The van der Waals surface area contributed by atoms with E-state index < -0.39 is 17.9 Å². The van der Waals surface area contributed by atoms with Gasteiger partial charge in [0.1, 0.15) is 5.60 Å². The van der Waals surface area contributed by atoms with Crippen molar-refractivity contribution >= 4 is 5.97 Å². The summed E-state index contributed by atoms with van der Waals surface area (Å²) in [5.41, 5.74) is 2.29. The second-order valence-corrected chi connectivity index (χ2v) is 11.5. The number of carbonyl (C=O) groups excluding carboxylic acids is 1. The van der Waals surface area contributed by atoms with Crippen LogP contribution in [0.3, 0.4) is 0 Å². The average molecular weight is 446 g/mol. The zero-order valence-electron chi connectivity index (χ0n) is 23.7. The molecule has 5 atom stereocenters. The highest BCUT2D eigenvalue weighted by Crippen LogP contribution is 2.59.